The molecule has 2 heteroatoms. The summed E-state index contributed by atoms with van der Waals surface area (Å²) in [6.07, 6.45) is 8.25. The van der Waals surface area contributed by atoms with Gasteiger partial charge in [0, 0.05) is 6.54 Å². The molecule has 0 amide bonds. The smallest absolute Gasteiger partial charge is 0.0640 e. The van der Waals surface area contributed by atoms with Crippen LogP contribution < -0.4 is 5.32 Å². The van der Waals surface area contributed by atoms with Crippen molar-refractivity contribution < 1.29 is 0 Å². The van der Waals surface area contributed by atoms with E-state index in [1.54, 1.807) is 0 Å². The Morgan fingerprint density at radius 1 is 1.38 bits per heavy atom. The molecular weight excluding hydrogens is 218 g/mol. The third-order valence-corrected chi connectivity index (χ3v) is 3.48. The summed E-state index contributed by atoms with van der Waals surface area (Å²) < 4.78 is 0. The van der Waals surface area contributed by atoms with Crippen LogP contribution in [-0.4, -0.2) is 6.54 Å². The van der Waals surface area contributed by atoms with Crippen LogP contribution in [0.4, 0.5) is 5.69 Å². The number of nitrogens with one attached hydrogen (secondary N) is 1. The highest BCUT2D eigenvalue weighted by atomic mass is 35.5. The van der Waals surface area contributed by atoms with Crippen LogP contribution in [0.5, 0.6) is 0 Å². The first kappa shape index (κ1) is 11.5. The molecular formula is C14H18ClN. The van der Waals surface area contributed by atoms with E-state index in [1.807, 2.05) is 12.1 Å². The minimum absolute atomic E-state index is 0.751. The quantitative estimate of drug-likeness (QED) is 0.765. The fourth-order valence-electron chi connectivity index (χ4n) is 2.14. The topological polar surface area (TPSA) is 12.0 Å². The number of para-hydroxylation sites is 1. The SMILES string of the molecule is Cc1cccc(Cl)c1NCC1CC=CCC1. The second kappa shape index (κ2) is 5.40. The Labute approximate surface area is 103 Å². The predicted molar refractivity (Wildman–Crippen MR) is 71.2 cm³/mol. The Morgan fingerprint density at radius 3 is 2.94 bits per heavy atom. The van der Waals surface area contributed by atoms with Gasteiger partial charge in [0.05, 0.1) is 10.7 Å². The number of allylic oxidation sites excluding steroid dienone is 2. The fourth-order valence-corrected chi connectivity index (χ4v) is 2.43. The van der Waals surface area contributed by atoms with E-state index in [0.29, 0.717) is 0 Å². The van der Waals surface area contributed by atoms with Gasteiger partial charge in [-0.25, -0.2) is 0 Å². The zero-order valence-corrected chi connectivity index (χ0v) is 10.4. The summed E-state index contributed by atoms with van der Waals surface area (Å²) in [5.41, 5.74) is 2.32. The minimum atomic E-state index is 0.751. The van der Waals surface area contributed by atoms with Gasteiger partial charge in [0.15, 0.2) is 0 Å². The summed E-state index contributed by atoms with van der Waals surface area (Å²) in [6.45, 7) is 3.11. The van der Waals surface area contributed by atoms with Gasteiger partial charge in [0.25, 0.3) is 0 Å². The zero-order valence-electron chi connectivity index (χ0n) is 9.67. The number of hydrogen-bond acceptors (Lipinski definition) is 1. The molecule has 16 heavy (non-hydrogen) atoms. The lowest BCUT2D eigenvalue weighted by Crippen LogP contribution is -2.16. The number of hydrogen-bond donors (Lipinski definition) is 1. The van der Waals surface area contributed by atoms with Gasteiger partial charge in [-0.1, -0.05) is 35.9 Å². The second-order valence-corrected chi connectivity index (χ2v) is 4.87. The molecule has 1 unspecified atom stereocenters. The molecule has 1 aliphatic rings. The Bertz CT molecular complexity index is 364. The summed E-state index contributed by atoms with van der Waals surface area (Å²) in [7, 11) is 0. The van der Waals surface area contributed by atoms with E-state index in [2.05, 4.69) is 30.5 Å². The fraction of sp³-hybridized carbons (Fsp3) is 0.429. The van der Waals surface area contributed by atoms with Crippen molar-refractivity contribution in [2.24, 2.45) is 5.92 Å². The van der Waals surface area contributed by atoms with Crippen LogP contribution in [0, 0.1) is 12.8 Å². The monoisotopic (exact) mass is 235 g/mol. The maximum atomic E-state index is 6.17. The summed E-state index contributed by atoms with van der Waals surface area (Å²) in [5.74, 6) is 0.751. The minimum Gasteiger partial charge on any atom is -0.383 e. The molecule has 0 aromatic heterocycles. The largest absolute Gasteiger partial charge is 0.383 e. The number of rotatable bonds is 3. The van der Waals surface area contributed by atoms with Crippen molar-refractivity contribution in [2.45, 2.75) is 26.2 Å². The first-order valence-corrected chi connectivity index (χ1v) is 6.29. The van der Waals surface area contributed by atoms with Crippen LogP contribution in [-0.2, 0) is 0 Å². The molecule has 0 saturated carbocycles. The zero-order chi connectivity index (χ0) is 11.4. The van der Waals surface area contributed by atoms with Crippen molar-refractivity contribution >= 4 is 17.3 Å². The molecule has 0 aliphatic heterocycles. The van der Waals surface area contributed by atoms with Crippen molar-refractivity contribution in [1.82, 2.24) is 0 Å². The molecule has 1 atom stereocenters. The van der Waals surface area contributed by atoms with Gasteiger partial charge in [-0.3, -0.25) is 0 Å². The maximum Gasteiger partial charge on any atom is 0.0640 e. The lowest BCUT2D eigenvalue weighted by molar-refractivity contribution is 0.504. The van der Waals surface area contributed by atoms with Crippen LogP contribution in [0.1, 0.15) is 24.8 Å². The van der Waals surface area contributed by atoms with Gasteiger partial charge in [-0.2, -0.15) is 0 Å². The van der Waals surface area contributed by atoms with Crippen molar-refractivity contribution in [2.75, 3.05) is 11.9 Å². The standard InChI is InChI=1S/C14H18ClN/c1-11-6-5-9-13(15)14(11)16-10-12-7-3-2-4-8-12/h2-3,5-6,9,12,16H,4,7-8,10H2,1H3. The van der Waals surface area contributed by atoms with Gasteiger partial charge in [-0.15, -0.1) is 0 Å². The number of aryl methyl sites for hydroxylation is 1. The molecule has 86 valence electrons. The highest BCUT2D eigenvalue weighted by Crippen LogP contribution is 2.26. The average molecular weight is 236 g/mol. The summed E-state index contributed by atoms with van der Waals surface area (Å²) >= 11 is 6.17. The van der Waals surface area contributed by atoms with E-state index in [1.165, 1.54) is 24.8 Å². The van der Waals surface area contributed by atoms with Crippen molar-refractivity contribution in [3.05, 3.63) is 40.9 Å². The Morgan fingerprint density at radius 2 is 2.25 bits per heavy atom. The first-order chi connectivity index (χ1) is 7.77. The van der Waals surface area contributed by atoms with Crippen LogP contribution >= 0.6 is 11.6 Å². The number of benzene rings is 1. The van der Waals surface area contributed by atoms with E-state index in [4.69, 9.17) is 11.6 Å². The third-order valence-electron chi connectivity index (χ3n) is 3.17. The van der Waals surface area contributed by atoms with Gasteiger partial charge < -0.3 is 5.32 Å². The van der Waals surface area contributed by atoms with Crippen LogP contribution in [0.15, 0.2) is 30.4 Å². The summed E-state index contributed by atoms with van der Waals surface area (Å²) in [5, 5.41) is 4.31. The Balaban J connectivity index is 1.96. The molecule has 0 fully saturated rings. The van der Waals surface area contributed by atoms with Gasteiger partial charge >= 0.3 is 0 Å². The van der Waals surface area contributed by atoms with Gasteiger partial charge in [-0.05, 0) is 43.7 Å². The highest BCUT2D eigenvalue weighted by Gasteiger charge is 2.10. The molecule has 0 radical (unpaired) electrons. The van der Waals surface area contributed by atoms with Gasteiger partial charge in [0.1, 0.15) is 0 Å². The third kappa shape index (κ3) is 2.79. The molecule has 1 aromatic carbocycles. The molecule has 1 nitrogen and oxygen atoms in total. The molecule has 0 bridgehead atoms. The average Bonchev–Trinajstić information content (AvgIpc) is 2.30. The predicted octanol–water partition coefficient (Wildman–Crippen LogP) is 4.42. The Kier molecular flexibility index (Phi) is 3.89. The lowest BCUT2D eigenvalue weighted by atomic mass is 9.94. The lowest BCUT2D eigenvalue weighted by Gasteiger charge is -2.20. The highest BCUT2D eigenvalue weighted by molar-refractivity contribution is 6.33. The maximum absolute atomic E-state index is 6.17. The van der Waals surface area contributed by atoms with Gasteiger partial charge in [0.2, 0.25) is 0 Å². The molecule has 2 rings (SSSR count). The van der Waals surface area contributed by atoms with Crippen LogP contribution in [0.2, 0.25) is 5.02 Å². The van der Waals surface area contributed by atoms with Crippen molar-refractivity contribution in [3.8, 4) is 0 Å². The molecule has 0 spiro atoms. The van der Waals surface area contributed by atoms with E-state index in [0.717, 1.165) is 23.2 Å². The summed E-state index contributed by atoms with van der Waals surface area (Å²) in [6, 6.07) is 6.03. The molecule has 0 saturated heterocycles. The van der Waals surface area contributed by atoms with Crippen LogP contribution in [0.3, 0.4) is 0 Å². The number of anilines is 1. The Hall–Kier alpha value is -0.950. The van der Waals surface area contributed by atoms with E-state index in [9.17, 15) is 0 Å². The summed E-state index contributed by atoms with van der Waals surface area (Å²) in [4.78, 5) is 0. The van der Waals surface area contributed by atoms with E-state index < -0.39 is 0 Å². The van der Waals surface area contributed by atoms with E-state index >= 15 is 0 Å². The van der Waals surface area contributed by atoms with E-state index in [-0.39, 0.29) is 0 Å². The second-order valence-electron chi connectivity index (χ2n) is 4.46. The first-order valence-electron chi connectivity index (χ1n) is 5.91. The van der Waals surface area contributed by atoms with Crippen LogP contribution in [0.25, 0.3) is 0 Å². The normalized spacial score (nSPS) is 19.8. The van der Waals surface area contributed by atoms with Crippen molar-refractivity contribution in [1.29, 1.82) is 0 Å². The molecule has 1 N–H and O–H groups in total. The molecule has 1 aliphatic carbocycles. The van der Waals surface area contributed by atoms with Crippen molar-refractivity contribution in [3.63, 3.8) is 0 Å². The number of halogens is 1. The molecule has 0 heterocycles. The molecule has 1 aromatic rings.